The van der Waals surface area contributed by atoms with Crippen molar-refractivity contribution < 1.29 is 18.3 Å². The molecule has 3 aromatic rings. The molecule has 0 amide bonds. The average molecular weight is 427 g/mol. The van der Waals surface area contributed by atoms with E-state index in [2.05, 4.69) is 16.5 Å². The van der Waals surface area contributed by atoms with Gasteiger partial charge in [0.1, 0.15) is 11.4 Å². The molecule has 1 aliphatic rings. The van der Waals surface area contributed by atoms with Crippen LogP contribution in [0.15, 0.2) is 65.1 Å². The Bertz CT molecular complexity index is 1140. The molecule has 0 aliphatic carbocycles. The van der Waals surface area contributed by atoms with E-state index in [0.717, 1.165) is 65.8 Å². The van der Waals surface area contributed by atoms with Gasteiger partial charge >= 0.3 is 6.18 Å². The Labute approximate surface area is 178 Å². The predicted octanol–water partition coefficient (Wildman–Crippen LogP) is 6.49. The van der Waals surface area contributed by atoms with Gasteiger partial charge in [0.25, 0.3) is 0 Å². The van der Waals surface area contributed by atoms with E-state index in [1.54, 1.807) is 6.07 Å². The minimum atomic E-state index is -4.34. The number of aliphatic imine (C=N–C) groups is 1. The van der Waals surface area contributed by atoms with Crippen molar-refractivity contribution in [2.75, 3.05) is 0 Å². The first-order valence-electron chi connectivity index (χ1n) is 10.4. The first kappa shape index (κ1) is 21.2. The molecule has 0 saturated heterocycles. The standard InChI is InChI=1S/C24H24F3N3O/c1-2-3-4-21-18(15-30-12-11-17-13-20(31)14-28-23(17)30)7-10-22(29-21)16-5-8-19(9-6-16)24(25,26)27/h5-6,8-9,11-14,31H,2-4,7,10,15H2,1H3. The second-order valence-electron chi connectivity index (χ2n) is 7.84. The molecular weight excluding hydrogens is 403 g/mol. The SMILES string of the molecule is CCCCC1=C(Cn2ccc3cc(O)cnc32)CCC(c2ccc(C(F)(F)F)cc2)=N1. The minimum Gasteiger partial charge on any atom is -0.506 e. The molecule has 4 nitrogen and oxygen atoms in total. The van der Waals surface area contributed by atoms with E-state index >= 15 is 0 Å². The first-order chi connectivity index (χ1) is 14.8. The van der Waals surface area contributed by atoms with E-state index in [1.807, 2.05) is 12.3 Å². The van der Waals surface area contributed by atoms with Gasteiger partial charge in [0.2, 0.25) is 0 Å². The zero-order chi connectivity index (χ0) is 22.0. The Morgan fingerprint density at radius 2 is 1.87 bits per heavy atom. The van der Waals surface area contributed by atoms with Gasteiger partial charge in [-0.05, 0) is 61.1 Å². The van der Waals surface area contributed by atoms with Crippen LogP contribution < -0.4 is 0 Å². The molecule has 1 aliphatic heterocycles. The van der Waals surface area contributed by atoms with Crippen molar-refractivity contribution in [3.8, 4) is 5.75 Å². The summed E-state index contributed by atoms with van der Waals surface area (Å²) in [5.74, 6) is 0.136. The van der Waals surface area contributed by atoms with Crippen molar-refractivity contribution in [2.24, 2.45) is 4.99 Å². The van der Waals surface area contributed by atoms with Crippen molar-refractivity contribution in [2.45, 2.75) is 51.7 Å². The molecule has 1 aromatic carbocycles. The lowest BCUT2D eigenvalue weighted by Gasteiger charge is -2.21. The minimum absolute atomic E-state index is 0.136. The Hall–Kier alpha value is -3.09. The van der Waals surface area contributed by atoms with E-state index < -0.39 is 11.7 Å². The highest BCUT2D eigenvalue weighted by Crippen LogP contribution is 2.31. The Morgan fingerprint density at radius 1 is 1.10 bits per heavy atom. The number of hydrogen-bond acceptors (Lipinski definition) is 3. The average Bonchev–Trinajstić information content (AvgIpc) is 3.14. The number of pyridine rings is 1. The molecule has 1 N–H and O–H groups in total. The lowest BCUT2D eigenvalue weighted by molar-refractivity contribution is -0.137. The molecule has 3 heterocycles. The van der Waals surface area contributed by atoms with Gasteiger partial charge in [0, 0.05) is 29.5 Å². The number of hydrogen-bond donors (Lipinski definition) is 1. The van der Waals surface area contributed by atoms with Crippen LogP contribution in [0.4, 0.5) is 13.2 Å². The lowest BCUT2D eigenvalue weighted by Crippen LogP contribution is -2.13. The molecule has 2 aromatic heterocycles. The largest absolute Gasteiger partial charge is 0.506 e. The number of benzene rings is 1. The quantitative estimate of drug-likeness (QED) is 0.489. The predicted molar refractivity (Wildman–Crippen MR) is 115 cm³/mol. The molecule has 0 fully saturated rings. The maximum Gasteiger partial charge on any atom is 0.416 e. The van der Waals surface area contributed by atoms with Crippen molar-refractivity contribution >= 4 is 16.7 Å². The molecular formula is C24H24F3N3O. The number of aromatic hydroxyl groups is 1. The molecule has 31 heavy (non-hydrogen) atoms. The smallest absolute Gasteiger partial charge is 0.416 e. The van der Waals surface area contributed by atoms with E-state index in [9.17, 15) is 18.3 Å². The van der Waals surface area contributed by atoms with Gasteiger partial charge in [0.15, 0.2) is 0 Å². The molecule has 162 valence electrons. The van der Waals surface area contributed by atoms with Gasteiger partial charge in [0.05, 0.1) is 11.8 Å². The van der Waals surface area contributed by atoms with Crippen molar-refractivity contribution in [1.82, 2.24) is 9.55 Å². The van der Waals surface area contributed by atoms with Gasteiger partial charge in [-0.2, -0.15) is 13.2 Å². The Morgan fingerprint density at radius 3 is 2.58 bits per heavy atom. The van der Waals surface area contributed by atoms with Crippen LogP contribution in [0.25, 0.3) is 11.0 Å². The van der Waals surface area contributed by atoms with Crippen LogP contribution in [-0.4, -0.2) is 20.4 Å². The fourth-order valence-corrected chi connectivity index (χ4v) is 3.92. The summed E-state index contributed by atoms with van der Waals surface area (Å²) in [6.45, 7) is 2.78. The van der Waals surface area contributed by atoms with Gasteiger partial charge in [-0.25, -0.2) is 4.98 Å². The molecule has 0 unspecified atom stereocenters. The van der Waals surface area contributed by atoms with Crippen LogP contribution in [0.3, 0.4) is 0 Å². The maximum absolute atomic E-state index is 12.9. The summed E-state index contributed by atoms with van der Waals surface area (Å²) in [6.07, 6.45) is 3.42. The van der Waals surface area contributed by atoms with Crippen molar-refractivity contribution in [1.29, 1.82) is 0 Å². The van der Waals surface area contributed by atoms with Gasteiger partial charge in [-0.1, -0.05) is 25.5 Å². The van der Waals surface area contributed by atoms with Crippen LogP contribution in [0.5, 0.6) is 5.75 Å². The highest BCUT2D eigenvalue weighted by molar-refractivity contribution is 6.02. The number of fused-ring (bicyclic) bond motifs is 1. The molecule has 7 heteroatoms. The summed E-state index contributed by atoms with van der Waals surface area (Å²) in [7, 11) is 0. The van der Waals surface area contributed by atoms with E-state index in [-0.39, 0.29) is 5.75 Å². The summed E-state index contributed by atoms with van der Waals surface area (Å²) in [5.41, 5.74) is 3.97. The number of unbranched alkanes of at least 4 members (excludes halogenated alkanes) is 1. The van der Waals surface area contributed by atoms with Crippen LogP contribution >= 0.6 is 0 Å². The third kappa shape index (κ3) is 4.65. The molecule has 0 atom stereocenters. The molecule has 0 spiro atoms. The van der Waals surface area contributed by atoms with Crippen LogP contribution in [0.2, 0.25) is 0 Å². The summed E-state index contributed by atoms with van der Waals surface area (Å²) < 4.78 is 40.7. The van der Waals surface area contributed by atoms with Crippen molar-refractivity contribution in [3.05, 3.63) is 71.2 Å². The summed E-state index contributed by atoms with van der Waals surface area (Å²) in [4.78, 5) is 9.23. The fraction of sp³-hybridized carbons (Fsp3) is 0.333. The Balaban J connectivity index is 1.64. The summed E-state index contributed by atoms with van der Waals surface area (Å²) in [5, 5.41) is 10.5. The third-order valence-corrected chi connectivity index (χ3v) is 5.60. The number of nitrogens with zero attached hydrogens (tertiary/aromatic N) is 3. The number of halogens is 3. The van der Waals surface area contributed by atoms with Gasteiger partial charge in [-0.3, -0.25) is 4.99 Å². The molecule has 4 rings (SSSR count). The third-order valence-electron chi connectivity index (χ3n) is 5.60. The van der Waals surface area contributed by atoms with Gasteiger partial charge in [-0.15, -0.1) is 0 Å². The zero-order valence-electron chi connectivity index (χ0n) is 17.3. The van der Waals surface area contributed by atoms with Crippen LogP contribution in [0, 0.1) is 0 Å². The molecule has 0 bridgehead atoms. The summed E-state index contributed by atoms with van der Waals surface area (Å²) >= 11 is 0. The monoisotopic (exact) mass is 427 g/mol. The molecule has 0 radical (unpaired) electrons. The van der Waals surface area contributed by atoms with E-state index in [1.165, 1.54) is 23.9 Å². The van der Waals surface area contributed by atoms with Crippen LogP contribution in [-0.2, 0) is 12.7 Å². The number of allylic oxidation sites excluding steroid dienone is 2. The number of rotatable bonds is 6. The fourth-order valence-electron chi connectivity index (χ4n) is 3.92. The highest BCUT2D eigenvalue weighted by atomic mass is 19.4. The van der Waals surface area contributed by atoms with E-state index in [0.29, 0.717) is 13.0 Å². The second-order valence-corrected chi connectivity index (χ2v) is 7.84. The lowest BCUT2D eigenvalue weighted by atomic mass is 9.95. The maximum atomic E-state index is 12.9. The van der Waals surface area contributed by atoms with E-state index in [4.69, 9.17) is 4.99 Å². The zero-order valence-corrected chi connectivity index (χ0v) is 17.3. The summed E-state index contributed by atoms with van der Waals surface area (Å²) in [6, 6.07) is 8.88. The number of aromatic nitrogens is 2. The van der Waals surface area contributed by atoms with Crippen molar-refractivity contribution in [3.63, 3.8) is 0 Å². The Kier molecular flexibility index (Phi) is 5.85. The highest BCUT2D eigenvalue weighted by Gasteiger charge is 2.30. The normalized spacial score (nSPS) is 14.9. The molecule has 0 saturated carbocycles. The number of alkyl halides is 3. The van der Waals surface area contributed by atoms with Gasteiger partial charge < -0.3 is 9.67 Å². The first-order valence-corrected chi connectivity index (χ1v) is 10.4. The second kappa shape index (κ2) is 8.57. The topological polar surface area (TPSA) is 50.4 Å². The van der Waals surface area contributed by atoms with Crippen LogP contribution in [0.1, 0.15) is 50.2 Å².